The lowest BCUT2D eigenvalue weighted by molar-refractivity contribution is -0.138. The highest BCUT2D eigenvalue weighted by Crippen LogP contribution is 1.98. The smallest absolute Gasteiger partial charge is 0.320 e. The standard InChI is InChI=1S/C9H16N4O2/c1-2-5-13(9(11)12)6-3-4-7(10)8(14)15/h1,7H,3-6,10H2,(H3,11,12)(H,14,15)/t7-/m0/s1. The molecule has 0 saturated heterocycles. The van der Waals surface area contributed by atoms with Crippen molar-refractivity contribution >= 4 is 11.9 Å². The Hall–Kier alpha value is -1.74. The fourth-order valence-electron chi connectivity index (χ4n) is 1.02. The largest absolute Gasteiger partial charge is 0.480 e. The fourth-order valence-corrected chi connectivity index (χ4v) is 1.02. The van der Waals surface area contributed by atoms with E-state index < -0.39 is 12.0 Å². The van der Waals surface area contributed by atoms with Crippen molar-refractivity contribution in [3.63, 3.8) is 0 Å². The van der Waals surface area contributed by atoms with Gasteiger partial charge in [-0.25, -0.2) is 0 Å². The van der Waals surface area contributed by atoms with Crippen LogP contribution >= 0.6 is 0 Å². The van der Waals surface area contributed by atoms with Crippen LogP contribution in [0.15, 0.2) is 0 Å². The molecule has 0 amide bonds. The third-order valence-corrected chi connectivity index (χ3v) is 1.88. The Balaban J connectivity index is 3.87. The molecule has 0 aromatic rings. The molecule has 0 fully saturated rings. The lowest BCUT2D eigenvalue weighted by Gasteiger charge is -2.20. The highest BCUT2D eigenvalue weighted by molar-refractivity contribution is 5.75. The van der Waals surface area contributed by atoms with Gasteiger partial charge >= 0.3 is 5.97 Å². The summed E-state index contributed by atoms with van der Waals surface area (Å²) in [6.07, 6.45) is 5.96. The maximum absolute atomic E-state index is 10.4. The van der Waals surface area contributed by atoms with E-state index in [1.54, 1.807) is 0 Å². The Morgan fingerprint density at radius 1 is 1.67 bits per heavy atom. The molecule has 0 saturated carbocycles. The quantitative estimate of drug-likeness (QED) is 0.256. The second kappa shape index (κ2) is 6.68. The second-order valence-corrected chi connectivity index (χ2v) is 3.10. The number of hydrogen-bond acceptors (Lipinski definition) is 3. The van der Waals surface area contributed by atoms with Crippen molar-refractivity contribution in [3.05, 3.63) is 0 Å². The number of terminal acetylenes is 1. The average Bonchev–Trinajstić information content (AvgIpc) is 2.15. The van der Waals surface area contributed by atoms with E-state index in [4.69, 9.17) is 28.4 Å². The van der Waals surface area contributed by atoms with Gasteiger partial charge in [0.1, 0.15) is 6.04 Å². The van der Waals surface area contributed by atoms with Crippen LogP contribution < -0.4 is 11.5 Å². The predicted molar refractivity (Wildman–Crippen MR) is 57.2 cm³/mol. The monoisotopic (exact) mass is 212 g/mol. The molecule has 0 aromatic carbocycles. The summed E-state index contributed by atoms with van der Waals surface area (Å²) >= 11 is 0. The zero-order chi connectivity index (χ0) is 11.8. The molecule has 0 radical (unpaired) electrons. The Kier molecular flexibility index (Phi) is 5.90. The van der Waals surface area contributed by atoms with E-state index in [1.165, 1.54) is 4.90 Å². The molecule has 1 atom stereocenters. The third kappa shape index (κ3) is 5.54. The number of nitrogens with zero attached hydrogens (tertiary/aromatic N) is 1. The minimum atomic E-state index is -1.03. The van der Waals surface area contributed by atoms with E-state index in [0.717, 1.165) is 0 Å². The van der Waals surface area contributed by atoms with Crippen LogP contribution in [-0.2, 0) is 4.79 Å². The summed E-state index contributed by atoms with van der Waals surface area (Å²) in [6.45, 7) is 0.693. The summed E-state index contributed by atoms with van der Waals surface area (Å²) in [5.74, 6) is 1.23. The van der Waals surface area contributed by atoms with Crippen LogP contribution in [-0.4, -0.2) is 41.1 Å². The molecular weight excluding hydrogens is 196 g/mol. The molecule has 0 bridgehead atoms. The number of guanidine groups is 1. The first-order valence-corrected chi connectivity index (χ1v) is 4.49. The highest BCUT2D eigenvalue weighted by Gasteiger charge is 2.12. The summed E-state index contributed by atoms with van der Waals surface area (Å²) in [4.78, 5) is 11.9. The Labute approximate surface area is 88.7 Å². The number of carbonyl (C=O) groups is 1. The Morgan fingerprint density at radius 2 is 2.27 bits per heavy atom. The van der Waals surface area contributed by atoms with Crippen LogP contribution in [0.25, 0.3) is 0 Å². The molecule has 6 nitrogen and oxygen atoms in total. The number of hydrogen-bond donors (Lipinski definition) is 4. The molecule has 0 spiro atoms. The van der Waals surface area contributed by atoms with Crippen LogP contribution in [0.3, 0.4) is 0 Å². The van der Waals surface area contributed by atoms with Gasteiger partial charge in [-0.05, 0) is 12.8 Å². The molecule has 0 unspecified atom stereocenters. The molecule has 0 aliphatic rings. The SMILES string of the molecule is C#CCN(CCC[C@H](N)C(=O)O)C(=N)N. The van der Waals surface area contributed by atoms with Gasteiger partial charge in [-0.3, -0.25) is 10.2 Å². The normalized spacial score (nSPS) is 11.5. The molecule has 0 aliphatic heterocycles. The summed E-state index contributed by atoms with van der Waals surface area (Å²) in [5, 5.41) is 15.7. The Morgan fingerprint density at radius 3 is 2.67 bits per heavy atom. The van der Waals surface area contributed by atoms with Crippen molar-refractivity contribution in [2.75, 3.05) is 13.1 Å². The van der Waals surface area contributed by atoms with Gasteiger partial charge in [0.2, 0.25) is 0 Å². The van der Waals surface area contributed by atoms with E-state index >= 15 is 0 Å². The number of carboxylic acids is 1. The maximum Gasteiger partial charge on any atom is 0.320 e. The van der Waals surface area contributed by atoms with Gasteiger partial charge in [-0.1, -0.05) is 5.92 Å². The van der Waals surface area contributed by atoms with E-state index in [9.17, 15) is 4.79 Å². The molecule has 15 heavy (non-hydrogen) atoms. The van der Waals surface area contributed by atoms with Gasteiger partial charge in [0.05, 0.1) is 6.54 Å². The number of carboxylic acid groups (broad SMARTS) is 1. The van der Waals surface area contributed by atoms with Crippen LogP contribution in [0, 0.1) is 17.8 Å². The average molecular weight is 212 g/mol. The molecule has 0 aromatic heterocycles. The van der Waals surface area contributed by atoms with Gasteiger partial charge in [-0.2, -0.15) is 0 Å². The van der Waals surface area contributed by atoms with E-state index in [2.05, 4.69) is 5.92 Å². The number of nitrogens with two attached hydrogens (primary N) is 2. The zero-order valence-corrected chi connectivity index (χ0v) is 8.44. The van der Waals surface area contributed by atoms with Crippen molar-refractivity contribution in [2.45, 2.75) is 18.9 Å². The van der Waals surface area contributed by atoms with Crippen molar-refractivity contribution in [3.8, 4) is 12.3 Å². The lowest BCUT2D eigenvalue weighted by Crippen LogP contribution is -2.38. The molecule has 84 valence electrons. The predicted octanol–water partition coefficient (Wildman–Crippen LogP) is -0.993. The van der Waals surface area contributed by atoms with Gasteiger partial charge in [0, 0.05) is 6.54 Å². The fraction of sp³-hybridized carbons (Fsp3) is 0.556. The molecule has 6 heteroatoms. The second-order valence-electron chi connectivity index (χ2n) is 3.10. The number of nitrogens with one attached hydrogen (secondary N) is 1. The number of rotatable bonds is 6. The van der Waals surface area contributed by atoms with Crippen LogP contribution in [0.2, 0.25) is 0 Å². The van der Waals surface area contributed by atoms with Crippen molar-refractivity contribution in [1.82, 2.24) is 4.90 Å². The Bertz CT molecular complexity index is 272. The lowest BCUT2D eigenvalue weighted by atomic mass is 10.1. The highest BCUT2D eigenvalue weighted by atomic mass is 16.4. The summed E-state index contributed by atoms with van der Waals surface area (Å²) in [6, 6.07) is -0.871. The van der Waals surface area contributed by atoms with Crippen LogP contribution in [0.1, 0.15) is 12.8 Å². The molecule has 0 aliphatic carbocycles. The minimum absolute atomic E-state index is 0.114. The first-order valence-electron chi connectivity index (χ1n) is 4.49. The van der Waals surface area contributed by atoms with Crippen LogP contribution in [0.4, 0.5) is 0 Å². The van der Waals surface area contributed by atoms with E-state index in [0.29, 0.717) is 19.4 Å². The van der Waals surface area contributed by atoms with Crippen molar-refractivity contribution in [1.29, 1.82) is 5.41 Å². The van der Waals surface area contributed by atoms with Crippen molar-refractivity contribution < 1.29 is 9.90 Å². The van der Waals surface area contributed by atoms with Crippen LogP contribution in [0.5, 0.6) is 0 Å². The van der Waals surface area contributed by atoms with Gasteiger partial charge in [-0.15, -0.1) is 6.42 Å². The van der Waals surface area contributed by atoms with Crippen molar-refractivity contribution in [2.24, 2.45) is 11.5 Å². The van der Waals surface area contributed by atoms with Gasteiger partial charge in [0.15, 0.2) is 5.96 Å². The van der Waals surface area contributed by atoms with E-state index in [-0.39, 0.29) is 12.5 Å². The molecule has 6 N–H and O–H groups in total. The molecular formula is C9H16N4O2. The first-order chi connectivity index (χ1) is 6.99. The third-order valence-electron chi connectivity index (χ3n) is 1.88. The van der Waals surface area contributed by atoms with Gasteiger partial charge < -0.3 is 21.5 Å². The summed E-state index contributed by atoms with van der Waals surface area (Å²) < 4.78 is 0. The summed E-state index contributed by atoms with van der Waals surface area (Å²) in [7, 11) is 0. The molecule has 0 rings (SSSR count). The number of aliphatic carboxylic acids is 1. The molecule has 0 heterocycles. The minimum Gasteiger partial charge on any atom is -0.480 e. The first kappa shape index (κ1) is 13.3. The van der Waals surface area contributed by atoms with Gasteiger partial charge in [0.25, 0.3) is 0 Å². The summed E-state index contributed by atoms with van der Waals surface area (Å²) in [5.41, 5.74) is 10.6. The van der Waals surface area contributed by atoms with E-state index in [1.807, 2.05) is 0 Å². The maximum atomic E-state index is 10.4. The topological polar surface area (TPSA) is 116 Å². The zero-order valence-electron chi connectivity index (χ0n) is 8.44.